The number of rotatable bonds is 3. The number of hydrogen-bond acceptors (Lipinski definition) is 4. The molecule has 4 heteroatoms. The van der Waals surface area contributed by atoms with Gasteiger partial charge in [0.05, 0.1) is 0 Å². The second-order valence-electron chi connectivity index (χ2n) is 5.37. The number of aromatic nitrogens is 1. The van der Waals surface area contributed by atoms with Crippen LogP contribution in [0.4, 0.5) is 5.82 Å². The summed E-state index contributed by atoms with van der Waals surface area (Å²) in [7, 11) is 0. The van der Waals surface area contributed by atoms with Gasteiger partial charge in [-0.15, -0.1) is 0 Å². The van der Waals surface area contributed by atoms with Gasteiger partial charge in [0, 0.05) is 44.5 Å². The quantitative estimate of drug-likeness (QED) is 0.868. The zero-order chi connectivity index (χ0) is 12.5. The van der Waals surface area contributed by atoms with E-state index in [2.05, 4.69) is 26.9 Å². The topological polar surface area (TPSA) is 45.4 Å². The number of piperazine rings is 1. The SMILES string of the molecule is Cc1nc(N2CCN(C3CC3)CC2)ccc1CN. The van der Waals surface area contributed by atoms with Gasteiger partial charge in [0.1, 0.15) is 5.82 Å². The molecule has 1 saturated heterocycles. The third-order valence-corrected chi connectivity index (χ3v) is 4.10. The van der Waals surface area contributed by atoms with Crippen molar-refractivity contribution >= 4 is 5.82 Å². The third kappa shape index (κ3) is 2.35. The lowest BCUT2D eigenvalue weighted by Gasteiger charge is -2.35. The van der Waals surface area contributed by atoms with E-state index >= 15 is 0 Å². The molecule has 18 heavy (non-hydrogen) atoms. The summed E-state index contributed by atoms with van der Waals surface area (Å²) in [5.41, 5.74) is 7.89. The first-order valence-electron chi connectivity index (χ1n) is 6.93. The van der Waals surface area contributed by atoms with Crippen LogP contribution in [-0.4, -0.2) is 42.1 Å². The zero-order valence-corrected chi connectivity index (χ0v) is 11.1. The maximum absolute atomic E-state index is 5.68. The van der Waals surface area contributed by atoms with Crippen molar-refractivity contribution < 1.29 is 0 Å². The van der Waals surface area contributed by atoms with E-state index < -0.39 is 0 Å². The van der Waals surface area contributed by atoms with Gasteiger partial charge in [-0.05, 0) is 31.4 Å². The Labute approximate surface area is 109 Å². The van der Waals surface area contributed by atoms with Crippen molar-refractivity contribution in [2.45, 2.75) is 32.4 Å². The predicted octanol–water partition coefficient (Wildman–Crippen LogP) is 1.13. The molecule has 1 aromatic heterocycles. The first kappa shape index (κ1) is 11.9. The van der Waals surface area contributed by atoms with E-state index in [0.29, 0.717) is 6.54 Å². The van der Waals surface area contributed by atoms with Crippen molar-refractivity contribution in [2.75, 3.05) is 31.1 Å². The van der Waals surface area contributed by atoms with E-state index in [1.54, 1.807) is 0 Å². The van der Waals surface area contributed by atoms with Crippen molar-refractivity contribution in [3.05, 3.63) is 23.4 Å². The molecular formula is C14H22N4. The monoisotopic (exact) mass is 246 g/mol. The molecule has 0 atom stereocenters. The van der Waals surface area contributed by atoms with Crippen molar-refractivity contribution in [3.8, 4) is 0 Å². The molecule has 0 bridgehead atoms. The van der Waals surface area contributed by atoms with E-state index in [9.17, 15) is 0 Å². The molecule has 4 nitrogen and oxygen atoms in total. The summed E-state index contributed by atoms with van der Waals surface area (Å²) in [6.45, 7) is 7.20. The van der Waals surface area contributed by atoms with Gasteiger partial charge in [-0.1, -0.05) is 6.07 Å². The fourth-order valence-electron chi connectivity index (χ4n) is 2.72. The Kier molecular flexibility index (Phi) is 3.22. The second-order valence-corrected chi connectivity index (χ2v) is 5.37. The lowest BCUT2D eigenvalue weighted by Crippen LogP contribution is -2.47. The van der Waals surface area contributed by atoms with Crippen molar-refractivity contribution in [3.63, 3.8) is 0 Å². The van der Waals surface area contributed by atoms with Crippen LogP contribution in [0.15, 0.2) is 12.1 Å². The molecule has 2 fully saturated rings. The summed E-state index contributed by atoms with van der Waals surface area (Å²) >= 11 is 0. The normalized spacial score (nSPS) is 21.3. The Morgan fingerprint density at radius 3 is 2.50 bits per heavy atom. The molecular weight excluding hydrogens is 224 g/mol. The number of hydrogen-bond donors (Lipinski definition) is 1. The molecule has 0 spiro atoms. The van der Waals surface area contributed by atoms with Gasteiger partial charge >= 0.3 is 0 Å². The van der Waals surface area contributed by atoms with Gasteiger partial charge in [0.2, 0.25) is 0 Å². The van der Waals surface area contributed by atoms with Crippen molar-refractivity contribution in [2.24, 2.45) is 5.73 Å². The lowest BCUT2D eigenvalue weighted by atomic mass is 10.2. The number of nitrogens with zero attached hydrogens (tertiary/aromatic N) is 3. The molecule has 1 saturated carbocycles. The molecule has 1 aromatic rings. The Morgan fingerprint density at radius 1 is 1.22 bits per heavy atom. The average molecular weight is 246 g/mol. The standard InChI is InChI=1S/C14H22N4/c1-11-12(10-15)2-5-14(16-11)18-8-6-17(7-9-18)13-3-4-13/h2,5,13H,3-4,6-10,15H2,1H3. The van der Waals surface area contributed by atoms with Crippen LogP contribution in [0.1, 0.15) is 24.1 Å². The molecule has 1 aliphatic carbocycles. The Morgan fingerprint density at radius 2 is 1.94 bits per heavy atom. The van der Waals surface area contributed by atoms with Gasteiger partial charge in [-0.2, -0.15) is 0 Å². The average Bonchev–Trinajstić information content (AvgIpc) is 3.23. The molecule has 98 valence electrons. The van der Waals surface area contributed by atoms with Gasteiger partial charge in [-0.3, -0.25) is 4.90 Å². The van der Waals surface area contributed by atoms with E-state index in [1.807, 2.05) is 6.92 Å². The van der Waals surface area contributed by atoms with Crippen molar-refractivity contribution in [1.82, 2.24) is 9.88 Å². The minimum absolute atomic E-state index is 0.578. The third-order valence-electron chi connectivity index (χ3n) is 4.10. The summed E-state index contributed by atoms with van der Waals surface area (Å²) in [5, 5.41) is 0. The Hall–Kier alpha value is -1.13. The predicted molar refractivity (Wildman–Crippen MR) is 73.7 cm³/mol. The smallest absolute Gasteiger partial charge is 0.128 e. The first-order valence-corrected chi connectivity index (χ1v) is 6.93. The highest BCUT2D eigenvalue weighted by Crippen LogP contribution is 2.28. The fourth-order valence-corrected chi connectivity index (χ4v) is 2.72. The largest absolute Gasteiger partial charge is 0.354 e. The van der Waals surface area contributed by atoms with Crippen LogP contribution in [0, 0.1) is 6.92 Å². The van der Waals surface area contributed by atoms with Crippen LogP contribution in [0.2, 0.25) is 0 Å². The van der Waals surface area contributed by atoms with Gasteiger partial charge in [-0.25, -0.2) is 4.98 Å². The maximum atomic E-state index is 5.68. The summed E-state index contributed by atoms with van der Waals surface area (Å²) in [6.07, 6.45) is 2.81. The number of pyridine rings is 1. The molecule has 2 N–H and O–H groups in total. The molecule has 0 radical (unpaired) electrons. The summed E-state index contributed by atoms with van der Waals surface area (Å²) < 4.78 is 0. The second kappa shape index (κ2) is 4.86. The molecule has 2 heterocycles. The van der Waals surface area contributed by atoms with Crippen molar-refractivity contribution in [1.29, 1.82) is 0 Å². The highest BCUT2D eigenvalue weighted by Gasteiger charge is 2.31. The fraction of sp³-hybridized carbons (Fsp3) is 0.643. The van der Waals surface area contributed by atoms with Crippen LogP contribution < -0.4 is 10.6 Å². The maximum Gasteiger partial charge on any atom is 0.128 e. The van der Waals surface area contributed by atoms with Gasteiger partial charge < -0.3 is 10.6 Å². The van der Waals surface area contributed by atoms with Gasteiger partial charge in [0.15, 0.2) is 0 Å². The van der Waals surface area contributed by atoms with E-state index in [4.69, 9.17) is 5.73 Å². The van der Waals surface area contributed by atoms with Crippen LogP contribution >= 0.6 is 0 Å². The first-order chi connectivity index (χ1) is 8.78. The number of aryl methyl sites for hydroxylation is 1. The van der Waals surface area contributed by atoms with E-state index in [-0.39, 0.29) is 0 Å². The molecule has 0 aromatic carbocycles. The highest BCUT2D eigenvalue weighted by atomic mass is 15.3. The molecule has 2 aliphatic rings. The van der Waals surface area contributed by atoms with Crippen LogP contribution in [0.5, 0.6) is 0 Å². The summed E-state index contributed by atoms with van der Waals surface area (Å²) in [4.78, 5) is 9.70. The zero-order valence-electron chi connectivity index (χ0n) is 11.1. The number of anilines is 1. The molecule has 1 aliphatic heterocycles. The molecule has 0 amide bonds. The van der Waals surface area contributed by atoms with E-state index in [0.717, 1.165) is 36.2 Å². The minimum Gasteiger partial charge on any atom is -0.354 e. The highest BCUT2D eigenvalue weighted by molar-refractivity contribution is 5.42. The lowest BCUT2D eigenvalue weighted by molar-refractivity contribution is 0.247. The van der Waals surface area contributed by atoms with Gasteiger partial charge in [0.25, 0.3) is 0 Å². The Bertz CT molecular complexity index is 420. The Balaban J connectivity index is 1.66. The molecule has 0 unspecified atom stereocenters. The van der Waals surface area contributed by atoms with Crippen LogP contribution in [0.25, 0.3) is 0 Å². The number of nitrogens with two attached hydrogens (primary N) is 1. The van der Waals surface area contributed by atoms with Crippen LogP contribution in [0.3, 0.4) is 0 Å². The van der Waals surface area contributed by atoms with E-state index in [1.165, 1.54) is 25.9 Å². The molecule has 3 rings (SSSR count). The summed E-state index contributed by atoms with van der Waals surface area (Å²) in [6, 6.07) is 5.12. The minimum atomic E-state index is 0.578. The summed E-state index contributed by atoms with van der Waals surface area (Å²) in [5.74, 6) is 1.11. The van der Waals surface area contributed by atoms with Crippen LogP contribution in [-0.2, 0) is 6.54 Å².